The highest BCUT2D eigenvalue weighted by Crippen LogP contribution is 2.10. The van der Waals surface area contributed by atoms with Crippen molar-refractivity contribution in [3.05, 3.63) is 0 Å². The summed E-state index contributed by atoms with van der Waals surface area (Å²) in [5.41, 5.74) is 0. The Morgan fingerprint density at radius 1 is 1.38 bits per heavy atom. The third-order valence-corrected chi connectivity index (χ3v) is 3.42. The fourth-order valence-electron chi connectivity index (χ4n) is 1.75. The SMILES string of the molecule is C1CCN(CCSC2=NCCN2)C1. The van der Waals surface area contributed by atoms with E-state index >= 15 is 0 Å². The van der Waals surface area contributed by atoms with E-state index in [9.17, 15) is 0 Å². The fraction of sp³-hybridized carbons (Fsp3) is 0.889. The van der Waals surface area contributed by atoms with Gasteiger partial charge in [0.15, 0.2) is 5.17 Å². The van der Waals surface area contributed by atoms with Gasteiger partial charge in [-0.3, -0.25) is 4.99 Å². The summed E-state index contributed by atoms with van der Waals surface area (Å²) >= 11 is 1.87. The maximum Gasteiger partial charge on any atom is 0.156 e. The van der Waals surface area contributed by atoms with Gasteiger partial charge < -0.3 is 10.2 Å². The van der Waals surface area contributed by atoms with Crippen molar-refractivity contribution in [3.8, 4) is 0 Å². The summed E-state index contributed by atoms with van der Waals surface area (Å²) in [5, 5.41) is 4.43. The number of aliphatic imine (C=N–C) groups is 1. The van der Waals surface area contributed by atoms with E-state index in [-0.39, 0.29) is 0 Å². The molecule has 3 nitrogen and oxygen atoms in total. The number of nitrogens with one attached hydrogen (secondary N) is 1. The lowest BCUT2D eigenvalue weighted by Crippen LogP contribution is -2.23. The van der Waals surface area contributed by atoms with Gasteiger partial charge in [0.2, 0.25) is 0 Å². The number of thioether (sulfide) groups is 1. The normalized spacial score (nSPS) is 23.2. The molecule has 0 amide bonds. The van der Waals surface area contributed by atoms with Crippen LogP contribution in [0.1, 0.15) is 12.8 Å². The van der Waals surface area contributed by atoms with Crippen molar-refractivity contribution in [2.75, 3.05) is 38.5 Å². The second kappa shape index (κ2) is 4.86. The standard InChI is InChI=1S/C9H17N3S/c1-2-6-12(5-1)7-8-13-9-10-3-4-11-9/h1-8H2,(H,10,11). The first-order valence-electron chi connectivity index (χ1n) is 5.08. The Labute approximate surface area is 84.0 Å². The topological polar surface area (TPSA) is 27.6 Å². The molecule has 0 aromatic rings. The molecule has 2 heterocycles. The lowest BCUT2D eigenvalue weighted by atomic mass is 10.4. The van der Waals surface area contributed by atoms with Gasteiger partial charge in [-0.2, -0.15) is 0 Å². The molecule has 0 unspecified atom stereocenters. The van der Waals surface area contributed by atoms with Crippen molar-refractivity contribution in [1.29, 1.82) is 0 Å². The highest BCUT2D eigenvalue weighted by molar-refractivity contribution is 8.13. The first-order valence-corrected chi connectivity index (χ1v) is 6.07. The lowest BCUT2D eigenvalue weighted by molar-refractivity contribution is 0.362. The summed E-state index contributed by atoms with van der Waals surface area (Å²) in [6.07, 6.45) is 2.79. The van der Waals surface area contributed by atoms with Crippen LogP contribution < -0.4 is 5.32 Å². The van der Waals surface area contributed by atoms with Crippen molar-refractivity contribution < 1.29 is 0 Å². The van der Waals surface area contributed by atoms with Crippen molar-refractivity contribution in [2.24, 2.45) is 4.99 Å². The van der Waals surface area contributed by atoms with E-state index in [0.717, 1.165) is 18.3 Å². The predicted molar refractivity (Wildman–Crippen MR) is 58.4 cm³/mol. The van der Waals surface area contributed by atoms with Gasteiger partial charge in [0.25, 0.3) is 0 Å². The zero-order chi connectivity index (χ0) is 8.93. The van der Waals surface area contributed by atoms with Crippen LogP contribution in [0.3, 0.4) is 0 Å². The average molecular weight is 199 g/mol. The number of nitrogens with zero attached hydrogens (tertiary/aromatic N) is 2. The molecule has 1 fully saturated rings. The molecule has 2 rings (SSSR count). The molecular formula is C9H17N3S. The lowest BCUT2D eigenvalue weighted by Gasteiger charge is -2.13. The third kappa shape index (κ3) is 2.88. The Morgan fingerprint density at radius 2 is 2.23 bits per heavy atom. The minimum Gasteiger partial charge on any atom is -0.363 e. The average Bonchev–Trinajstić information content (AvgIpc) is 2.75. The molecule has 0 bridgehead atoms. The van der Waals surface area contributed by atoms with Gasteiger partial charge in [-0.05, 0) is 25.9 Å². The second-order valence-corrected chi connectivity index (χ2v) is 4.59. The summed E-state index contributed by atoms with van der Waals surface area (Å²) in [6.45, 7) is 5.84. The van der Waals surface area contributed by atoms with Gasteiger partial charge >= 0.3 is 0 Å². The summed E-state index contributed by atoms with van der Waals surface area (Å²) in [6, 6.07) is 0. The summed E-state index contributed by atoms with van der Waals surface area (Å²) in [4.78, 5) is 6.89. The number of hydrogen-bond acceptors (Lipinski definition) is 4. The van der Waals surface area contributed by atoms with Crippen LogP contribution in [0.5, 0.6) is 0 Å². The molecule has 0 aromatic carbocycles. The molecule has 0 saturated carbocycles. The highest BCUT2D eigenvalue weighted by atomic mass is 32.2. The predicted octanol–water partition coefficient (Wildman–Crippen LogP) is 0.775. The summed E-state index contributed by atoms with van der Waals surface area (Å²) in [7, 11) is 0. The van der Waals surface area contributed by atoms with Crippen LogP contribution in [0, 0.1) is 0 Å². The zero-order valence-corrected chi connectivity index (χ0v) is 8.78. The van der Waals surface area contributed by atoms with Gasteiger partial charge in [-0.15, -0.1) is 0 Å². The van der Waals surface area contributed by atoms with E-state index in [0.29, 0.717) is 0 Å². The maximum atomic E-state index is 4.35. The van der Waals surface area contributed by atoms with Crippen LogP contribution in [0.4, 0.5) is 0 Å². The van der Waals surface area contributed by atoms with E-state index in [2.05, 4.69) is 15.2 Å². The molecule has 0 atom stereocenters. The Kier molecular flexibility index (Phi) is 3.49. The van der Waals surface area contributed by atoms with Crippen LogP contribution in [-0.2, 0) is 0 Å². The minimum atomic E-state index is 0.964. The van der Waals surface area contributed by atoms with Gasteiger partial charge in [-0.25, -0.2) is 0 Å². The Hall–Kier alpha value is -0.220. The molecule has 0 spiro atoms. The van der Waals surface area contributed by atoms with Crippen molar-refractivity contribution >= 4 is 16.9 Å². The number of amidine groups is 1. The molecule has 0 radical (unpaired) electrons. The van der Waals surface area contributed by atoms with Crippen LogP contribution in [0.2, 0.25) is 0 Å². The van der Waals surface area contributed by atoms with Crippen LogP contribution in [0.25, 0.3) is 0 Å². The fourth-order valence-corrected chi connectivity index (χ4v) is 2.68. The van der Waals surface area contributed by atoms with E-state index in [1.165, 1.54) is 38.2 Å². The molecule has 1 N–H and O–H groups in total. The van der Waals surface area contributed by atoms with Crippen molar-refractivity contribution in [3.63, 3.8) is 0 Å². The molecule has 74 valence electrons. The third-order valence-electron chi connectivity index (χ3n) is 2.49. The quantitative estimate of drug-likeness (QED) is 0.728. The van der Waals surface area contributed by atoms with E-state index < -0.39 is 0 Å². The van der Waals surface area contributed by atoms with E-state index in [4.69, 9.17) is 0 Å². The van der Waals surface area contributed by atoms with Crippen molar-refractivity contribution in [1.82, 2.24) is 10.2 Å². The Morgan fingerprint density at radius 3 is 2.92 bits per heavy atom. The minimum absolute atomic E-state index is 0.964. The molecule has 0 aliphatic carbocycles. The van der Waals surface area contributed by atoms with E-state index in [1.54, 1.807) is 0 Å². The number of likely N-dealkylation sites (tertiary alicyclic amines) is 1. The van der Waals surface area contributed by atoms with Crippen LogP contribution >= 0.6 is 11.8 Å². The summed E-state index contributed by atoms with van der Waals surface area (Å²) < 4.78 is 0. The molecule has 2 aliphatic heterocycles. The van der Waals surface area contributed by atoms with Gasteiger partial charge in [0.1, 0.15) is 0 Å². The van der Waals surface area contributed by atoms with E-state index in [1.807, 2.05) is 11.8 Å². The molecule has 0 aromatic heterocycles. The Bertz CT molecular complexity index is 187. The molecule has 4 heteroatoms. The number of hydrogen-bond donors (Lipinski definition) is 1. The van der Waals surface area contributed by atoms with Gasteiger partial charge in [-0.1, -0.05) is 11.8 Å². The first kappa shape index (κ1) is 9.34. The molecule has 13 heavy (non-hydrogen) atoms. The van der Waals surface area contributed by atoms with Crippen LogP contribution in [0.15, 0.2) is 4.99 Å². The van der Waals surface area contributed by atoms with Gasteiger partial charge in [0.05, 0.1) is 6.54 Å². The molecule has 2 aliphatic rings. The summed E-state index contributed by atoms with van der Waals surface area (Å²) in [5.74, 6) is 1.19. The van der Waals surface area contributed by atoms with Crippen LogP contribution in [-0.4, -0.2) is 48.5 Å². The highest BCUT2D eigenvalue weighted by Gasteiger charge is 2.11. The first-order chi connectivity index (χ1) is 6.45. The maximum absolute atomic E-state index is 4.35. The Balaban J connectivity index is 1.57. The molecular weight excluding hydrogens is 182 g/mol. The monoisotopic (exact) mass is 199 g/mol. The van der Waals surface area contributed by atoms with Gasteiger partial charge in [0, 0.05) is 18.8 Å². The largest absolute Gasteiger partial charge is 0.363 e. The second-order valence-electron chi connectivity index (χ2n) is 3.51. The molecule has 1 saturated heterocycles. The number of rotatable bonds is 3. The smallest absolute Gasteiger partial charge is 0.156 e. The van der Waals surface area contributed by atoms with Crippen molar-refractivity contribution in [2.45, 2.75) is 12.8 Å². The zero-order valence-electron chi connectivity index (χ0n) is 7.96.